The Kier molecular flexibility index (Phi) is 2.27. The highest BCUT2D eigenvalue weighted by Gasteiger charge is 1.93. The molecular weight excluding hydrogens is 180 g/mol. The van der Waals surface area contributed by atoms with E-state index in [0.29, 0.717) is 6.54 Å². The number of benzene rings is 1. The Bertz CT molecular complexity index is 443. The van der Waals surface area contributed by atoms with Crippen molar-refractivity contribution >= 4 is 21.6 Å². The molecule has 0 amide bonds. The zero-order chi connectivity index (χ0) is 9.10. The summed E-state index contributed by atoms with van der Waals surface area (Å²) in [6.45, 7) is 4.30. The van der Waals surface area contributed by atoms with Crippen LogP contribution in [0.25, 0.3) is 10.2 Å². The molecule has 0 saturated heterocycles. The Hall–Kier alpha value is -1.35. The molecule has 0 aliphatic rings. The highest BCUT2D eigenvalue weighted by molar-refractivity contribution is 7.16. The van der Waals surface area contributed by atoms with Crippen LogP contribution in [0.1, 0.15) is 0 Å². The first-order valence-electron chi connectivity index (χ1n) is 4.09. The van der Waals surface area contributed by atoms with Crippen molar-refractivity contribution in [1.82, 2.24) is 4.98 Å². The second kappa shape index (κ2) is 3.58. The highest BCUT2D eigenvalue weighted by atomic mass is 32.1. The first-order valence-corrected chi connectivity index (χ1v) is 4.91. The van der Waals surface area contributed by atoms with Crippen LogP contribution in [0.4, 0.5) is 0 Å². The lowest BCUT2D eigenvalue weighted by Crippen LogP contribution is -1.97. The number of nitrogens with zero attached hydrogens (tertiary/aromatic N) is 1. The van der Waals surface area contributed by atoms with Crippen LogP contribution in [0.5, 0.6) is 0 Å². The lowest BCUT2D eigenvalue weighted by molar-refractivity contribution is 1.12. The summed E-state index contributed by atoms with van der Waals surface area (Å²) in [5.74, 6) is 0. The molecule has 66 valence electrons. The minimum Gasteiger partial charge on any atom is -0.331 e. The Morgan fingerprint density at radius 1 is 1.46 bits per heavy atom. The fraction of sp³-hybridized carbons (Fsp3) is 0.100. The van der Waals surface area contributed by atoms with Gasteiger partial charge in [0, 0.05) is 0 Å². The van der Waals surface area contributed by atoms with E-state index in [2.05, 4.69) is 28.7 Å². The average Bonchev–Trinajstić information content (AvgIpc) is 2.57. The van der Waals surface area contributed by atoms with Crippen molar-refractivity contribution in [1.29, 1.82) is 0 Å². The quantitative estimate of drug-likeness (QED) is 0.704. The van der Waals surface area contributed by atoms with Gasteiger partial charge in [0.05, 0.1) is 16.8 Å². The maximum atomic E-state index is 4.31. The first kappa shape index (κ1) is 8.26. The molecule has 2 rings (SSSR count). The zero-order valence-corrected chi connectivity index (χ0v) is 7.97. The predicted octanol–water partition coefficient (Wildman–Crippen LogP) is 2.32. The van der Waals surface area contributed by atoms with Gasteiger partial charge in [-0.05, 0) is 12.1 Å². The van der Waals surface area contributed by atoms with E-state index in [1.54, 1.807) is 17.4 Å². The molecular formula is C10H10N2S. The number of aromatic amines is 1. The molecule has 0 aliphatic carbocycles. The van der Waals surface area contributed by atoms with Crippen LogP contribution in [0.2, 0.25) is 0 Å². The third-order valence-electron chi connectivity index (χ3n) is 1.70. The van der Waals surface area contributed by atoms with Crippen LogP contribution in [-0.2, 0) is 0 Å². The molecule has 2 nitrogen and oxygen atoms in total. The number of para-hydroxylation sites is 1. The molecule has 0 unspecified atom stereocenters. The summed E-state index contributed by atoms with van der Waals surface area (Å²) in [6, 6.07) is 8.19. The minimum atomic E-state index is 0.670. The second-order valence-corrected chi connectivity index (χ2v) is 3.69. The summed E-state index contributed by atoms with van der Waals surface area (Å²) in [5, 5.41) is 0. The van der Waals surface area contributed by atoms with Crippen LogP contribution in [-0.4, -0.2) is 11.5 Å². The Morgan fingerprint density at radius 3 is 3.08 bits per heavy atom. The van der Waals surface area contributed by atoms with Crippen molar-refractivity contribution in [2.24, 2.45) is 4.99 Å². The molecule has 0 spiro atoms. The van der Waals surface area contributed by atoms with Gasteiger partial charge in [0.25, 0.3) is 0 Å². The third kappa shape index (κ3) is 1.70. The molecule has 0 bridgehead atoms. The summed E-state index contributed by atoms with van der Waals surface area (Å²) in [5.41, 5.74) is 1.15. The van der Waals surface area contributed by atoms with Gasteiger partial charge >= 0.3 is 0 Å². The molecule has 3 heteroatoms. The standard InChI is InChI=1S/C10H10N2S/c1-2-7-11-10-12-8-5-3-4-6-9(8)13-10/h2-6H,1,7H2,(H,11,12). The average molecular weight is 190 g/mol. The molecule has 1 aromatic heterocycles. The summed E-state index contributed by atoms with van der Waals surface area (Å²) < 4.78 is 1.24. The van der Waals surface area contributed by atoms with Gasteiger partial charge in [-0.3, -0.25) is 4.99 Å². The number of hydrogen-bond donors (Lipinski definition) is 1. The van der Waals surface area contributed by atoms with Crippen molar-refractivity contribution < 1.29 is 0 Å². The predicted molar refractivity (Wildman–Crippen MR) is 56.8 cm³/mol. The number of hydrogen-bond acceptors (Lipinski definition) is 2. The molecule has 0 radical (unpaired) electrons. The lowest BCUT2D eigenvalue weighted by Gasteiger charge is -1.81. The zero-order valence-electron chi connectivity index (χ0n) is 7.16. The number of thiazole rings is 1. The number of aromatic nitrogens is 1. The highest BCUT2D eigenvalue weighted by Crippen LogP contribution is 2.12. The largest absolute Gasteiger partial charge is 0.331 e. The fourth-order valence-corrected chi connectivity index (χ4v) is 2.01. The van der Waals surface area contributed by atoms with E-state index in [-0.39, 0.29) is 0 Å². The van der Waals surface area contributed by atoms with E-state index in [0.717, 1.165) is 10.3 Å². The maximum absolute atomic E-state index is 4.31. The number of H-pyrrole nitrogens is 1. The van der Waals surface area contributed by atoms with Gasteiger partial charge in [-0.2, -0.15) is 0 Å². The minimum absolute atomic E-state index is 0.670. The lowest BCUT2D eigenvalue weighted by atomic mass is 10.3. The topological polar surface area (TPSA) is 28.1 Å². The van der Waals surface area contributed by atoms with Crippen LogP contribution in [0.15, 0.2) is 41.9 Å². The number of fused-ring (bicyclic) bond motifs is 1. The first-order chi connectivity index (χ1) is 6.40. The van der Waals surface area contributed by atoms with E-state index in [4.69, 9.17) is 0 Å². The summed E-state index contributed by atoms with van der Waals surface area (Å²) >= 11 is 1.67. The molecule has 0 saturated carbocycles. The Labute approximate surface area is 80.3 Å². The van der Waals surface area contributed by atoms with Gasteiger partial charge < -0.3 is 4.98 Å². The summed E-state index contributed by atoms with van der Waals surface area (Å²) in [4.78, 5) is 8.50. The van der Waals surface area contributed by atoms with Gasteiger partial charge in [-0.1, -0.05) is 29.5 Å². The van der Waals surface area contributed by atoms with Gasteiger partial charge in [0.1, 0.15) is 0 Å². The monoisotopic (exact) mass is 190 g/mol. The van der Waals surface area contributed by atoms with E-state index >= 15 is 0 Å². The smallest absolute Gasteiger partial charge is 0.183 e. The van der Waals surface area contributed by atoms with Crippen molar-refractivity contribution in [3.8, 4) is 0 Å². The van der Waals surface area contributed by atoms with Crippen LogP contribution < -0.4 is 4.80 Å². The third-order valence-corrected chi connectivity index (χ3v) is 2.70. The summed E-state index contributed by atoms with van der Waals surface area (Å²) in [7, 11) is 0. The van der Waals surface area contributed by atoms with Crippen LogP contribution >= 0.6 is 11.3 Å². The Morgan fingerprint density at radius 2 is 2.31 bits per heavy atom. The fourth-order valence-electron chi connectivity index (χ4n) is 1.12. The molecule has 13 heavy (non-hydrogen) atoms. The molecule has 1 N–H and O–H groups in total. The van der Waals surface area contributed by atoms with E-state index < -0.39 is 0 Å². The van der Waals surface area contributed by atoms with Gasteiger partial charge in [0.2, 0.25) is 0 Å². The normalized spacial score (nSPS) is 12.2. The van der Waals surface area contributed by atoms with Crippen LogP contribution in [0, 0.1) is 0 Å². The maximum Gasteiger partial charge on any atom is 0.183 e. The van der Waals surface area contributed by atoms with Gasteiger partial charge in [-0.25, -0.2) is 0 Å². The van der Waals surface area contributed by atoms with Crippen molar-refractivity contribution in [2.75, 3.05) is 6.54 Å². The molecule has 2 aromatic rings. The van der Waals surface area contributed by atoms with Crippen molar-refractivity contribution in [3.05, 3.63) is 41.7 Å². The van der Waals surface area contributed by atoms with Crippen molar-refractivity contribution in [2.45, 2.75) is 0 Å². The van der Waals surface area contributed by atoms with Crippen LogP contribution in [0.3, 0.4) is 0 Å². The molecule has 0 aliphatic heterocycles. The molecule has 0 fully saturated rings. The SMILES string of the molecule is C=CCN=c1[nH]c2ccccc2s1. The number of rotatable bonds is 2. The van der Waals surface area contributed by atoms with Gasteiger partial charge in [0.15, 0.2) is 4.80 Å². The van der Waals surface area contributed by atoms with Gasteiger partial charge in [-0.15, -0.1) is 6.58 Å². The van der Waals surface area contributed by atoms with E-state index in [1.165, 1.54) is 4.70 Å². The van der Waals surface area contributed by atoms with E-state index in [1.807, 2.05) is 12.1 Å². The molecule has 1 heterocycles. The second-order valence-electron chi connectivity index (χ2n) is 2.66. The Balaban J connectivity index is 2.55. The number of nitrogens with one attached hydrogen (secondary N) is 1. The van der Waals surface area contributed by atoms with Crippen molar-refractivity contribution in [3.63, 3.8) is 0 Å². The van der Waals surface area contributed by atoms with E-state index in [9.17, 15) is 0 Å². The summed E-state index contributed by atoms with van der Waals surface area (Å²) in [6.07, 6.45) is 1.79. The molecule has 1 aromatic carbocycles. The molecule has 0 atom stereocenters.